The van der Waals surface area contributed by atoms with Gasteiger partial charge in [0.1, 0.15) is 5.92 Å². The molecular weight excluding hydrogens is 248 g/mol. The average molecular weight is 268 g/mol. The number of carbonyl (C=O) groups is 3. The fourth-order valence-electron chi connectivity index (χ4n) is 3.00. The second-order valence-corrected chi connectivity index (χ2v) is 6.68. The maximum atomic E-state index is 12.1. The molecule has 0 bridgehead atoms. The van der Waals surface area contributed by atoms with Crippen molar-refractivity contribution in [3.05, 3.63) is 0 Å². The van der Waals surface area contributed by atoms with Crippen molar-refractivity contribution in [2.45, 2.75) is 50.2 Å². The van der Waals surface area contributed by atoms with E-state index in [1.165, 1.54) is 0 Å². The molecule has 0 radical (unpaired) electrons. The summed E-state index contributed by atoms with van der Waals surface area (Å²) in [5.41, 5.74) is 0. The number of Topliss-reactive ketones (excluding diaryl/α,β-unsaturated/α-hetero) is 3. The van der Waals surface area contributed by atoms with Crippen molar-refractivity contribution < 1.29 is 14.4 Å². The lowest BCUT2D eigenvalue weighted by molar-refractivity contribution is -0.143. The Labute approximate surface area is 112 Å². The largest absolute Gasteiger partial charge is 0.298 e. The summed E-state index contributed by atoms with van der Waals surface area (Å²) in [5.74, 6) is -1.19. The lowest BCUT2D eigenvalue weighted by Gasteiger charge is -2.30. The smallest absolute Gasteiger partial charge is 0.151 e. The minimum Gasteiger partial charge on any atom is -0.298 e. The fraction of sp³-hybridized carbons (Fsp3) is 0.786. The van der Waals surface area contributed by atoms with Gasteiger partial charge in [0.15, 0.2) is 17.3 Å². The molecule has 0 unspecified atom stereocenters. The molecule has 0 N–H and O–H groups in total. The molecule has 0 aromatic rings. The Morgan fingerprint density at radius 2 is 1.83 bits per heavy atom. The van der Waals surface area contributed by atoms with Crippen LogP contribution in [0.1, 0.15) is 45.4 Å². The SMILES string of the molecule is CCCC(=O)C1C(=O)CC(C2(SC)CC2)CC1=O. The van der Waals surface area contributed by atoms with Crippen LogP contribution in [0.25, 0.3) is 0 Å². The third-order valence-electron chi connectivity index (χ3n) is 4.25. The van der Waals surface area contributed by atoms with Crippen LogP contribution >= 0.6 is 11.8 Å². The Kier molecular flexibility index (Phi) is 3.95. The van der Waals surface area contributed by atoms with E-state index in [1.54, 1.807) is 11.8 Å². The van der Waals surface area contributed by atoms with Crippen molar-refractivity contribution in [2.75, 3.05) is 6.26 Å². The van der Waals surface area contributed by atoms with E-state index in [1.807, 2.05) is 6.92 Å². The molecule has 2 aliphatic rings. The van der Waals surface area contributed by atoms with Gasteiger partial charge < -0.3 is 0 Å². The monoisotopic (exact) mass is 268 g/mol. The van der Waals surface area contributed by atoms with Gasteiger partial charge in [-0.05, 0) is 31.4 Å². The fourth-order valence-corrected chi connectivity index (χ4v) is 4.01. The standard InChI is InChI=1S/C14H20O3S/c1-3-4-10(15)13-11(16)7-9(8-12(13)17)14(18-2)5-6-14/h9,13H,3-8H2,1-2H3. The summed E-state index contributed by atoms with van der Waals surface area (Å²) in [7, 11) is 0. The van der Waals surface area contributed by atoms with Gasteiger partial charge >= 0.3 is 0 Å². The van der Waals surface area contributed by atoms with Crippen LogP contribution in [0.15, 0.2) is 0 Å². The molecule has 4 heteroatoms. The highest BCUT2D eigenvalue weighted by Gasteiger charge is 2.53. The number of rotatable bonds is 5. The van der Waals surface area contributed by atoms with Crippen LogP contribution in [0.4, 0.5) is 0 Å². The van der Waals surface area contributed by atoms with Gasteiger partial charge in [-0.1, -0.05) is 6.92 Å². The van der Waals surface area contributed by atoms with E-state index in [0.29, 0.717) is 25.7 Å². The van der Waals surface area contributed by atoms with Crippen LogP contribution in [0.5, 0.6) is 0 Å². The van der Waals surface area contributed by atoms with Crippen LogP contribution < -0.4 is 0 Å². The molecule has 2 aliphatic carbocycles. The molecule has 100 valence electrons. The summed E-state index contributed by atoms with van der Waals surface area (Å²) in [6.07, 6.45) is 6.16. The topological polar surface area (TPSA) is 51.2 Å². The first-order chi connectivity index (χ1) is 8.54. The van der Waals surface area contributed by atoms with Crippen molar-refractivity contribution in [3.63, 3.8) is 0 Å². The average Bonchev–Trinajstić information content (AvgIpc) is 3.09. The van der Waals surface area contributed by atoms with Gasteiger partial charge in [-0.25, -0.2) is 0 Å². The lowest BCUT2D eigenvalue weighted by Crippen LogP contribution is -2.41. The third-order valence-corrected chi connectivity index (χ3v) is 5.81. The molecule has 0 aromatic carbocycles. The molecule has 18 heavy (non-hydrogen) atoms. The van der Waals surface area contributed by atoms with Crippen molar-refractivity contribution in [1.82, 2.24) is 0 Å². The predicted molar refractivity (Wildman–Crippen MR) is 71.6 cm³/mol. The predicted octanol–water partition coefficient (Wildman–Crippen LogP) is 2.42. The van der Waals surface area contributed by atoms with Crippen molar-refractivity contribution in [1.29, 1.82) is 0 Å². The highest BCUT2D eigenvalue weighted by Crippen LogP contribution is 2.56. The van der Waals surface area contributed by atoms with Gasteiger partial charge in [0.25, 0.3) is 0 Å². The summed E-state index contributed by atoms with van der Waals surface area (Å²) >= 11 is 1.78. The number of hydrogen-bond donors (Lipinski definition) is 0. The molecule has 2 fully saturated rings. The molecule has 2 saturated carbocycles. The zero-order valence-corrected chi connectivity index (χ0v) is 11.8. The van der Waals surface area contributed by atoms with Crippen LogP contribution in [0.3, 0.4) is 0 Å². The molecule has 2 rings (SSSR count). The Morgan fingerprint density at radius 1 is 1.28 bits per heavy atom. The molecular formula is C14H20O3S. The van der Waals surface area contributed by atoms with Crippen LogP contribution in [-0.4, -0.2) is 28.4 Å². The Hall–Kier alpha value is -0.640. The zero-order chi connectivity index (χ0) is 13.3. The number of thioether (sulfide) groups is 1. The van der Waals surface area contributed by atoms with Gasteiger partial charge in [-0.3, -0.25) is 14.4 Å². The number of hydrogen-bond acceptors (Lipinski definition) is 4. The highest BCUT2D eigenvalue weighted by atomic mass is 32.2. The molecule has 0 atom stereocenters. The summed E-state index contributed by atoms with van der Waals surface area (Å²) in [4.78, 5) is 36.0. The first kappa shape index (κ1) is 13.8. The maximum absolute atomic E-state index is 12.1. The Bertz CT molecular complexity index is 367. The van der Waals surface area contributed by atoms with Gasteiger partial charge in [-0.15, -0.1) is 0 Å². The molecule has 0 heterocycles. The van der Waals surface area contributed by atoms with Crippen LogP contribution in [0.2, 0.25) is 0 Å². The first-order valence-corrected chi connectivity index (χ1v) is 7.90. The van der Waals surface area contributed by atoms with Crippen LogP contribution in [-0.2, 0) is 14.4 Å². The Balaban J connectivity index is 2.06. The van der Waals surface area contributed by atoms with E-state index >= 15 is 0 Å². The maximum Gasteiger partial charge on any atom is 0.151 e. The van der Waals surface area contributed by atoms with Gasteiger partial charge in [0, 0.05) is 24.0 Å². The Morgan fingerprint density at radius 3 is 2.22 bits per heavy atom. The second-order valence-electron chi connectivity index (χ2n) is 5.46. The minimum atomic E-state index is -0.932. The van der Waals surface area contributed by atoms with E-state index in [9.17, 15) is 14.4 Å². The van der Waals surface area contributed by atoms with Gasteiger partial charge in [-0.2, -0.15) is 11.8 Å². The van der Waals surface area contributed by atoms with Gasteiger partial charge in [0.2, 0.25) is 0 Å². The normalized spacial score (nSPS) is 30.3. The van der Waals surface area contributed by atoms with E-state index in [4.69, 9.17) is 0 Å². The van der Waals surface area contributed by atoms with E-state index < -0.39 is 5.92 Å². The summed E-state index contributed by atoms with van der Waals surface area (Å²) in [6.45, 7) is 1.89. The van der Waals surface area contributed by atoms with E-state index in [2.05, 4.69) is 6.26 Å². The molecule has 0 aliphatic heterocycles. The molecule has 3 nitrogen and oxygen atoms in total. The van der Waals surface area contributed by atoms with E-state index in [0.717, 1.165) is 12.8 Å². The minimum absolute atomic E-state index is 0.130. The summed E-state index contributed by atoms with van der Waals surface area (Å²) in [6, 6.07) is 0. The summed E-state index contributed by atoms with van der Waals surface area (Å²) < 4.78 is 0.157. The van der Waals surface area contributed by atoms with Crippen molar-refractivity contribution >= 4 is 29.1 Å². The first-order valence-electron chi connectivity index (χ1n) is 6.67. The lowest BCUT2D eigenvalue weighted by atomic mass is 9.75. The third kappa shape index (κ3) is 2.40. The summed E-state index contributed by atoms with van der Waals surface area (Å²) in [5, 5.41) is 0. The molecule has 0 spiro atoms. The van der Waals surface area contributed by atoms with Crippen LogP contribution in [0, 0.1) is 11.8 Å². The zero-order valence-electron chi connectivity index (χ0n) is 11.0. The quantitative estimate of drug-likeness (QED) is 0.719. The number of carbonyl (C=O) groups excluding carboxylic acids is 3. The molecule has 0 aromatic heterocycles. The number of ketones is 3. The second kappa shape index (κ2) is 5.16. The van der Waals surface area contributed by atoms with Crippen molar-refractivity contribution in [2.24, 2.45) is 11.8 Å². The van der Waals surface area contributed by atoms with E-state index in [-0.39, 0.29) is 28.0 Å². The van der Waals surface area contributed by atoms with Crippen molar-refractivity contribution in [3.8, 4) is 0 Å². The van der Waals surface area contributed by atoms with Gasteiger partial charge in [0.05, 0.1) is 0 Å². The molecule has 0 amide bonds. The highest BCUT2D eigenvalue weighted by molar-refractivity contribution is 8.00. The molecule has 0 saturated heterocycles.